The lowest BCUT2D eigenvalue weighted by Gasteiger charge is -2.34. The molecule has 0 radical (unpaired) electrons. The van der Waals surface area contributed by atoms with Crippen molar-refractivity contribution in [3.63, 3.8) is 0 Å². The van der Waals surface area contributed by atoms with Crippen molar-refractivity contribution in [2.45, 2.75) is 38.4 Å². The largest absolute Gasteiger partial charge is 0.377 e. The molecule has 1 aromatic rings. The van der Waals surface area contributed by atoms with Crippen molar-refractivity contribution in [3.05, 3.63) is 23.6 Å². The summed E-state index contributed by atoms with van der Waals surface area (Å²) in [6.45, 7) is 4.59. The molecule has 2 aliphatic rings. The molecule has 2 heterocycles. The highest BCUT2D eigenvalue weighted by atomic mass is 19.1. The van der Waals surface area contributed by atoms with Gasteiger partial charge < -0.3 is 15.0 Å². The van der Waals surface area contributed by atoms with E-state index in [4.69, 9.17) is 4.74 Å². The van der Waals surface area contributed by atoms with Crippen molar-refractivity contribution in [2.75, 3.05) is 24.7 Å². The van der Waals surface area contributed by atoms with Gasteiger partial charge in [-0.3, -0.25) is 0 Å². The maximum absolute atomic E-state index is 14.5. The molecule has 1 N–H and O–H groups in total. The van der Waals surface area contributed by atoms with Gasteiger partial charge >= 0.3 is 0 Å². The van der Waals surface area contributed by atoms with Crippen molar-refractivity contribution < 1.29 is 9.13 Å². The average Bonchev–Trinajstić information content (AvgIpc) is 3.23. The Morgan fingerprint density at radius 3 is 3.11 bits per heavy atom. The van der Waals surface area contributed by atoms with Crippen molar-refractivity contribution in [1.29, 1.82) is 0 Å². The summed E-state index contributed by atoms with van der Waals surface area (Å²) in [5.74, 6) is 0.273. The molecule has 3 rings (SSSR count). The second kappa shape index (κ2) is 5.43. The maximum atomic E-state index is 14.5. The van der Waals surface area contributed by atoms with Gasteiger partial charge in [0.15, 0.2) is 11.6 Å². The van der Waals surface area contributed by atoms with E-state index in [0.717, 1.165) is 0 Å². The fourth-order valence-corrected chi connectivity index (χ4v) is 2.39. The summed E-state index contributed by atoms with van der Waals surface area (Å²) in [7, 11) is 0. The molecule has 1 aliphatic heterocycles. The molecule has 2 fully saturated rings. The van der Waals surface area contributed by atoms with Gasteiger partial charge in [-0.2, -0.15) is 0 Å². The van der Waals surface area contributed by atoms with E-state index in [9.17, 15) is 4.39 Å². The molecular formula is C14H20FN3O. The van der Waals surface area contributed by atoms with Crippen LogP contribution in [-0.2, 0) is 11.3 Å². The predicted molar refractivity (Wildman–Crippen MR) is 71.7 cm³/mol. The van der Waals surface area contributed by atoms with E-state index in [1.54, 1.807) is 12.3 Å². The van der Waals surface area contributed by atoms with E-state index in [-0.39, 0.29) is 11.9 Å². The van der Waals surface area contributed by atoms with Gasteiger partial charge in [0.25, 0.3) is 0 Å². The monoisotopic (exact) mass is 265 g/mol. The van der Waals surface area contributed by atoms with Crippen molar-refractivity contribution in [1.82, 2.24) is 10.3 Å². The van der Waals surface area contributed by atoms with Crippen LogP contribution in [0, 0.1) is 5.82 Å². The van der Waals surface area contributed by atoms with Crippen LogP contribution < -0.4 is 10.2 Å². The highest BCUT2D eigenvalue weighted by molar-refractivity contribution is 5.44. The molecule has 1 saturated carbocycles. The Kier molecular flexibility index (Phi) is 3.66. The van der Waals surface area contributed by atoms with E-state index >= 15 is 0 Å². The topological polar surface area (TPSA) is 37.4 Å². The minimum atomic E-state index is -0.190. The predicted octanol–water partition coefficient (Wildman–Crippen LogP) is 1.70. The second-order valence-corrected chi connectivity index (χ2v) is 5.38. The molecule has 0 amide bonds. The van der Waals surface area contributed by atoms with Gasteiger partial charge in [0.05, 0.1) is 19.3 Å². The first kappa shape index (κ1) is 12.8. The van der Waals surface area contributed by atoms with Gasteiger partial charge in [0.1, 0.15) is 0 Å². The Morgan fingerprint density at radius 2 is 2.37 bits per heavy atom. The van der Waals surface area contributed by atoms with Crippen LogP contribution in [-0.4, -0.2) is 36.8 Å². The van der Waals surface area contributed by atoms with Gasteiger partial charge in [-0.15, -0.1) is 0 Å². The lowest BCUT2D eigenvalue weighted by atomic mass is 10.2. The number of nitrogens with zero attached hydrogens (tertiary/aromatic N) is 2. The number of nitrogens with one attached hydrogen (secondary N) is 1. The number of anilines is 1. The van der Waals surface area contributed by atoms with E-state index < -0.39 is 0 Å². The molecule has 1 unspecified atom stereocenters. The summed E-state index contributed by atoms with van der Waals surface area (Å²) in [6.07, 6.45) is 4.12. The summed E-state index contributed by atoms with van der Waals surface area (Å²) in [4.78, 5) is 6.22. The lowest BCUT2D eigenvalue weighted by molar-refractivity contribution is 0.0981. The van der Waals surface area contributed by atoms with Crippen LogP contribution in [0.5, 0.6) is 0 Å². The molecule has 1 saturated heterocycles. The van der Waals surface area contributed by atoms with Gasteiger partial charge in [-0.05, 0) is 25.8 Å². The number of ether oxygens (including phenoxy) is 1. The summed E-state index contributed by atoms with van der Waals surface area (Å²) >= 11 is 0. The first-order valence-electron chi connectivity index (χ1n) is 6.97. The first-order chi connectivity index (χ1) is 9.25. The Hall–Kier alpha value is -1.20. The smallest absolute Gasteiger partial charge is 0.170 e. The molecule has 5 heteroatoms. The Morgan fingerprint density at radius 1 is 1.53 bits per heavy atom. The molecule has 0 aromatic carbocycles. The van der Waals surface area contributed by atoms with Crippen LogP contribution in [0.25, 0.3) is 0 Å². The molecule has 4 nitrogen and oxygen atoms in total. The fourth-order valence-electron chi connectivity index (χ4n) is 2.39. The molecule has 19 heavy (non-hydrogen) atoms. The van der Waals surface area contributed by atoms with Crippen molar-refractivity contribution >= 4 is 5.82 Å². The summed E-state index contributed by atoms with van der Waals surface area (Å²) in [6, 6.07) is 2.51. The standard InChI is InChI=1S/C14H20FN3O/c1-10-9-19-7-6-18(10)14-13(15)11(4-5-16-14)8-17-12-2-3-12/h4-5,10,12,17H,2-3,6-9H2,1H3. The number of pyridine rings is 1. The van der Waals surface area contributed by atoms with Gasteiger partial charge in [0, 0.05) is 30.9 Å². The number of halogens is 1. The second-order valence-electron chi connectivity index (χ2n) is 5.38. The van der Waals surface area contributed by atoms with E-state index in [1.807, 2.05) is 11.8 Å². The molecule has 1 aliphatic carbocycles. The maximum Gasteiger partial charge on any atom is 0.170 e. The Labute approximate surface area is 113 Å². The molecule has 1 atom stereocenters. The summed E-state index contributed by atoms with van der Waals surface area (Å²) in [5, 5.41) is 3.34. The van der Waals surface area contributed by atoms with Crippen LogP contribution in [0.1, 0.15) is 25.3 Å². The zero-order valence-electron chi connectivity index (χ0n) is 11.2. The number of aromatic nitrogens is 1. The zero-order valence-corrected chi connectivity index (χ0v) is 11.2. The van der Waals surface area contributed by atoms with Crippen LogP contribution >= 0.6 is 0 Å². The molecule has 104 valence electrons. The third kappa shape index (κ3) is 2.87. The van der Waals surface area contributed by atoms with E-state index in [0.29, 0.717) is 43.7 Å². The van der Waals surface area contributed by atoms with E-state index in [2.05, 4.69) is 10.3 Å². The number of morpholine rings is 1. The molecular weight excluding hydrogens is 245 g/mol. The first-order valence-corrected chi connectivity index (χ1v) is 6.97. The normalized spacial score (nSPS) is 23.7. The quantitative estimate of drug-likeness (QED) is 0.899. The Bertz CT molecular complexity index is 450. The highest BCUT2D eigenvalue weighted by Gasteiger charge is 2.25. The minimum Gasteiger partial charge on any atom is -0.377 e. The van der Waals surface area contributed by atoms with Crippen LogP contribution in [0.15, 0.2) is 12.3 Å². The zero-order chi connectivity index (χ0) is 13.2. The third-order valence-corrected chi connectivity index (χ3v) is 3.75. The minimum absolute atomic E-state index is 0.169. The summed E-state index contributed by atoms with van der Waals surface area (Å²) < 4.78 is 19.9. The molecule has 0 spiro atoms. The van der Waals surface area contributed by atoms with E-state index in [1.165, 1.54) is 12.8 Å². The third-order valence-electron chi connectivity index (χ3n) is 3.75. The van der Waals surface area contributed by atoms with Crippen LogP contribution in [0.2, 0.25) is 0 Å². The number of rotatable bonds is 4. The molecule has 1 aromatic heterocycles. The van der Waals surface area contributed by atoms with Gasteiger partial charge in [-0.25, -0.2) is 9.37 Å². The Balaban J connectivity index is 1.77. The van der Waals surface area contributed by atoms with Crippen molar-refractivity contribution in [3.8, 4) is 0 Å². The average molecular weight is 265 g/mol. The number of hydrogen-bond donors (Lipinski definition) is 1. The SMILES string of the molecule is CC1COCCN1c1nccc(CNC2CC2)c1F. The van der Waals surface area contributed by atoms with Gasteiger partial charge in [0.2, 0.25) is 0 Å². The van der Waals surface area contributed by atoms with Crippen LogP contribution in [0.3, 0.4) is 0 Å². The fraction of sp³-hybridized carbons (Fsp3) is 0.643. The number of hydrogen-bond acceptors (Lipinski definition) is 4. The van der Waals surface area contributed by atoms with Crippen LogP contribution in [0.4, 0.5) is 10.2 Å². The van der Waals surface area contributed by atoms with Crippen molar-refractivity contribution in [2.24, 2.45) is 0 Å². The van der Waals surface area contributed by atoms with Gasteiger partial charge in [-0.1, -0.05) is 0 Å². The highest BCUT2D eigenvalue weighted by Crippen LogP contribution is 2.24. The molecule has 0 bridgehead atoms. The summed E-state index contributed by atoms with van der Waals surface area (Å²) in [5.41, 5.74) is 0.704. The lowest BCUT2D eigenvalue weighted by Crippen LogP contribution is -2.44.